The lowest BCUT2D eigenvalue weighted by Crippen LogP contribution is -2.58. The van der Waals surface area contributed by atoms with E-state index >= 15 is 0 Å². The quantitative estimate of drug-likeness (QED) is 0.248. The van der Waals surface area contributed by atoms with Crippen LogP contribution in [0.25, 0.3) is 0 Å². The summed E-state index contributed by atoms with van der Waals surface area (Å²) >= 11 is 0. The Labute approximate surface area is 327 Å². The van der Waals surface area contributed by atoms with E-state index in [4.69, 9.17) is 37.9 Å². The van der Waals surface area contributed by atoms with Crippen LogP contribution >= 0.6 is 0 Å². The molecule has 3 rings (SSSR count). The summed E-state index contributed by atoms with van der Waals surface area (Å²) in [7, 11) is 2.97. The van der Waals surface area contributed by atoms with Crippen LogP contribution in [0.1, 0.15) is 102 Å². The smallest absolute Gasteiger partial charge is 0.311 e. The number of rotatable bonds is 9. The summed E-state index contributed by atoms with van der Waals surface area (Å²) in [6.45, 7) is 19.6. The van der Waals surface area contributed by atoms with Crippen molar-refractivity contribution < 1.29 is 72.7 Å². The minimum absolute atomic E-state index is 0.0996. The van der Waals surface area contributed by atoms with Crippen LogP contribution in [0.4, 0.5) is 0 Å². The molecule has 0 aromatic heterocycles. The van der Waals surface area contributed by atoms with Gasteiger partial charge in [-0.25, -0.2) is 0 Å². The van der Waals surface area contributed by atoms with Crippen molar-refractivity contribution in [3.05, 3.63) is 0 Å². The van der Waals surface area contributed by atoms with Gasteiger partial charge in [-0.05, 0) is 53.9 Å². The van der Waals surface area contributed by atoms with E-state index in [1.54, 1.807) is 62.3 Å². The van der Waals surface area contributed by atoms with Gasteiger partial charge in [0.2, 0.25) is 0 Å². The molecule has 3 saturated heterocycles. The van der Waals surface area contributed by atoms with Gasteiger partial charge in [0.15, 0.2) is 18.4 Å². The number of hydrogen-bond acceptors (Lipinski definition) is 15. The Balaban J connectivity index is 2.24. The normalized spacial score (nSPS) is 46.6. The third kappa shape index (κ3) is 11.0. The highest BCUT2D eigenvalue weighted by molar-refractivity contribution is 5.89. The van der Waals surface area contributed by atoms with Gasteiger partial charge in [0.25, 0.3) is 0 Å². The lowest BCUT2D eigenvalue weighted by Gasteiger charge is -2.47. The molecule has 15 heteroatoms. The van der Waals surface area contributed by atoms with Gasteiger partial charge in [-0.3, -0.25) is 14.4 Å². The second-order valence-electron chi connectivity index (χ2n) is 17.1. The first-order valence-corrected chi connectivity index (χ1v) is 19.8. The van der Waals surface area contributed by atoms with Crippen LogP contribution in [0.5, 0.6) is 0 Å². The van der Waals surface area contributed by atoms with Crippen LogP contribution < -0.4 is 0 Å². The van der Waals surface area contributed by atoms with Gasteiger partial charge in [0.05, 0.1) is 54.1 Å². The Morgan fingerprint density at radius 1 is 0.873 bits per heavy atom. The highest BCUT2D eigenvalue weighted by atomic mass is 16.7. The average Bonchev–Trinajstić information content (AvgIpc) is 3.11. The van der Waals surface area contributed by atoms with Gasteiger partial charge in [-0.15, -0.1) is 0 Å². The van der Waals surface area contributed by atoms with Crippen LogP contribution in [0, 0.1) is 35.5 Å². The van der Waals surface area contributed by atoms with E-state index < -0.39 is 132 Å². The molecule has 3 aliphatic rings. The van der Waals surface area contributed by atoms with Crippen LogP contribution in [-0.2, 0) is 52.3 Å². The molecule has 3 fully saturated rings. The molecular formula is C40H70O15. The molecule has 0 aromatic rings. The van der Waals surface area contributed by atoms with Gasteiger partial charge in [-0.1, -0.05) is 34.6 Å². The third-order valence-corrected chi connectivity index (χ3v) is 12.5. The third-order valence-electron chi connectivity index (χ3n) is 12.5. The van der Waals surface area contributed by atoms with Crippen molar-refractivity contribution in [3.63, 3.8) is 0 Å². The van der Waals surface area contributed by atoms with E-state index in [1.165, 1.54) is 28.1 Å². The fourth-order valence-corrected chi connectivity index (χ4v) is 8.81. The molecule has 20 atom stereocenters. The number of esters is 2. The zero-order chi connectivity index (χ0) is 41.9. The van der Waals surface area contributed by atoms with E-state index in [-0.39, 0.29) is 18.9 Å². The monoisotopic (exact) mass is 790 g/mol. The maximum Gasteiger partial charge on any atom is 0.311 e. The summed E-state index contributed by atoms with van der Waals surface area (Å²) in [5, 5.41) is 45.0. The molecule has 0 amide bonds. The highest BCUT2D eigenvalue weighted by Gasteiger charge is 2.52. The Kier molecular flexibility index (Phi) is 16.7. The second-order valence-corrected chi connectivity index (χ2v) is 17.1. The Hall–Kier alpha value is -1.79. The van der Waals surface area contributed by atoms with Crippen molar-refractivity contribution in [3.8, 4) is 0 Å². The van der Waals surface area contributed by atoms with Crippen molar-refractivity contribution in [1.29, 1.82) is 0 Å². The molecule has 320 valence electrons. The van der Waals surface area contributed by atoms with Crippen LogP contribution in [-0.4, -0.2) is 137 Å². The number of ether oxygens (including phenoxy) is 8. The van der Waals surface area contributed by atoms with Crippen LogP contribution in [0.2, 0.25) is 0 Å². The first-order valence-electron chi connectivity index (χ1n) is 19.8. The van der Waals surface area contributed by atoms with Crippen molar-refractivity contribution >= 4 is 17.7 Å². The Morgan fingerprint density at radius 2 is 1.49 bits per heavy atom. The zero-order valence-corrected chi connectivity index (χ0v) is 35.3. The largest absolute Gasteiger partial charge is 0.461 e. The van der Waals surface area contributed by atoms with E-state index in [0.29, 0.717) is 6.42 Å². The molecule has 4 N–H and O–H groups in total. The average molecular weight is 791 g/mol. The Morgan fingerprint density at radius 3 is 2.04 bits per heavy atom. The number of ketones is 1. The first-order chi connectivity index (χ1) is 25.4. The van der Waals surface area contributed by atoms with Crippen molar-refractivity contribution in [2.75, 3.05) is 14.2 Å². The summed E-state index contributed by atoms with van der Waals surface area (Å²) in [6, 6.07) is 0. The molecule has 3 heterocycles. The minimum Gasteiger partial charge on any atom is -0.461 e. The fraction of sp³-hybridized carbons (Fsp3) is 0.925. The predicted molar refractivity (Wildman–Crippen MR) is 198 cm³/mol. The number of cyclic esters (lactones) is 1. The summed E-state index contributed by atoms with van der Waals surface area (Å²) < 4.78 is 48.9. The minimum atomic E-state index is -1.97. The SMILES string of the molecule is COC1CC(C)OC(O[C@@H]2[C@@H](C)[C@H](OC3CC(C)(OC)C(O)C(C)O3)[C@@H](C)C(=O)O[C@H]([C@@H](C)[C@H](C)O)[C@H](C)[C@H](OC(C)=O)[C@@H](C)C(=O)[C@@](C)(O)C[C@@H]2C)C1O. The van der Waals surface area contributed by atoms with Gasteiger partial charge in [-0.2, -0.15) is 0 Å². The number of hydrogen-bond donors (Lipinski definition) is 4. The number of methoxy groups -OCH3 is 2. The van der Waals surface area contributed by atoms with Gasteiger partial charge >= 0.3 is 11.9 Å². The van der Waals surface area contributed by atoms with Crippen molar-refractivity contribution in [1.82, 2.24) is 0 Å². The standard InChI is InChI=1S/C40H70O15/c1-18-16-39(11,47)35(44)23(6)33(52-27(10)42)22(5)32(20(3)25(8)41)54-37(46)24(7)34(53-29-17-40(12,49-14)36(45)26(9)51-29)21(4)31(18)55-38-30(43)28(48-13)15-19(2)50-38/h18-26,28-34,36,38,41,43,45,47H,15-17H2,1-14H3/t18-,19?,20-,21+,22-,23+,24+,25-,26?,28?,29?,30?,31-,32+,33-,34-,36?,38?,39-,40?/m0/s1. The molecule has 0 aliphatic carbocycles. The molecule has 0 bridgehead atoms. The van der Waals surface area contributed by atoms with E-state index in [2.05, 4.69) is 0 Å². The predicted octanol–water partition coefficient (Wildman–Crippen LogP) is 2.93. The van der Waals surface area contributed by atoms with Gasteiger partial charge in [0, 0.05) is 51.7 Å². The van der Waals surface area contributed by atoms with Crippen molar-refractivity contribution in [2.24, 2.45) is 35.5 Å². The summed E-state index contributed by atoms with van der Waals surface area (Å²) in [6.07, 6.45) is -10.8. The molecule has 15 nitrogen and oxygen atoms in total. The second kappa shape index (κ2) is 19.3. The number of carbonyl (C=O) groups excluding carboxylic acids is 3. The molecule has 55 heavy (non-hydrogen) atoms. The lowest BCUT2D eigenvalue weighted by molar-refractivity contribution is -0.312. The number of carbonyl (C=O) groups is 3. The van der Waals surface area contributed by atoms with Crippen molar-refractivity contribution in [2.45, 2.75) is 187 Å². The lowest BCUT2D eigenvalue weighted by atomic mass is 9.74. The van der Waals surface area contributed by atoms with E-state index in [9.17, 15) is 34.8 Å². The summed E-state index contributed by atoms with van der Waals surface area (Å²) in [4.78, 5) is 41.2. The highest BCUT2D eigenvalue weighted by Crippen LogP contribution is 2.40. The number of Topliss-reactive ketones (excluding diaryl/α,β-unsaturated/α-hetero) is 1. The van der Waals surface area contributed by atoms with Gasteiger partial charge < -0.3 is 58.3 Å². The van der Waals surface area contributed by atoms with E-state index in [0.717, 1.165) is 0 Å². The maximum absolute atomic E-state index is 14.5. The fourth-order valence-electron chi connectivity index (χ4n) is 8.81. The zero-order valence-electron chi connectivity index (χ0n) is 35.3. The van der Waals surface area contributed by atoms with Gasteiger partial charge in [0.1, 0.15) is 30.0 Å². The molecule has 0 spiro atoms. The molecule has 0 aromatic carbocycles. The Bertz CT molecular complexity index is 1280. The van der Waals surface area contributed by atoms with Crippen LogP contribution in [0.15, 0.2) is 0 Å². The van der Waals surface area contributed by atoms with E-state index in [1.807, 2.05) is 6.92 Å². The summed E-state index contributed by atoms with van der Waals surface area (Å²) in [5.41, 5.74) is -3.03. The molecule has 3 aliphatic heterocycles. The van der Waals surface area contributed by atoms with Crippen LogP contribution in [0.3, 0.4) is 0 Å². The topological polar surface area (TPSA) is 206 Å². The molecule has 8 unspecified atom stereocenters. The number of aliphatic hydroxyl groups excluding tert-OH is 3. The molecular weight excluding hydrogens is 720 g/mol. The number of aliphatic hydroxyl groups is 4. The maximum atomic E-state index is 14.5. The first kappa shape index (κ1) is 47.6. The molecule has 0 radical (unpaired) electrons. The summed E-state index contributed by atoms with van der Waals surface area (Å²) in [5.74, 6) is -6.92. The molecule has 0 saturated carbocycles.